The number of carbonyl (C=O) groups is 2. The lowest BCUT2D eigenvalue weighted by atomic mass is 9.98. The highest BCUT2D eigenvalue weighted by molar-refractivity contribution is 7.93. The molecule has 3 rings (SSSR count). The largest absolute Gasteiger partial charge is 0.486 e. The van der Waals surface area contributed by atoms with E-state index in [1.165, 1.54) is 29.1 Å². The van der Waals surface area contributed by atoms with E-state index in [1.807, 2.05) is 0 Å². The van der Waals surface area contributed by atoms with Crippen LogP contribution in [0.4, 0.5) is 18.9 Å². The Labute approximate surface area is 236 Å². The third-order valence-corrected chi connectivity index (χ3v) is 8.38. The Kier molecular flexibility index (Phi) is 9.51. The number of rotatable bonds is 12. The topological polar surface area (TPSA) is 137 Å². The highest BCUT2D eigenvalue weighted by Crippen LogP contribution is 2.41. The molecule has 0 saturated heterocycles. The normalized spacial score (nSPS) is 16.5. The molecule has 0 radical (unpaired) electrons. The first-order valence-electron chi connectivity index (χ1n) is 13.1. The smallest absolute Gasteiger partial charge is 0.427 e. The van der Waals surface area contributed by atoms with Crippen molar-refractivity contribution in [2.75, 3.05) is 17.5 Å². The van der Waals surface area contributed by atoms with Gasteiger partial charge >= 0.3 is 18.1 Å². The van der Waals surface area contributed by atoms with Crippen LogP contribution >= 0.6 is 0 Å². The van der Waals surface area contributed by atoms with Crippen LogP contribution in [0, 0.1) is 5.92 Å². The van der Waals surface area contributed by atoms with E-state index in [4.69, 9.17) is 9.47 Å². The fraction of sp³-hybridized carbons (Fsp3) is 0.577. The van der Waals surface area contributed by atoms with Crippen molar-refractivity contribution in [3.05, 3.63) is 30.0 Å². The van der Waals surface area contributed by atoms with E-state index in [0.717, 1.165) is 18.2 Å². The number of fused-ring (bicyclic) bond motifs is 1. The molecule has 1 aromatic carbocycles. The second-order valence-corrected chi connectivity index (χ2v) is 11.8. The van der Waals surface area contributed by atoms with E-state index < -0.39 is 52.2 Å². The molecule has 0 spiro atoms. The van der Waals surface area contributed by atoms with Gasteiger partial charge in [0.25, 0.3) is 15.9 Å². The second kappa shape index (κ2) is 12.2. The zero-order valence-corrected chi connectivity index (χ0v) is 24.2. The molecule has 15 heteroatoms. The van der Waals surface area contributed by atoms with Crippen molar-refractivity contribution in [3.8, 4) is 11.6 Å². The number of nitrogens with zero attached hydrogens (tertiary/aromatic N) is 3. The number of alkyl halides is 3. The standard InChI is InChI=1S/C26H34F3N3O8S/c1-6-17(24(34)35)13-18-14-32(41(36,37)21-15-31(7-2)30-23(21)38-8-3)19-11-16(9-10-20(19)39-18)12-22(33)40-25(4,5)26(27,28)29/h9-11,15,17-18H,6-8,12-14H2,1-5H3,(H,34,35)/t17-,18-/m0/s1. The molecule has 11 nitrogen and oxygen atoms in total. The number of esters is 1. The SMILES string of the molecule is CCOc1nn(CC)cc1S(=O)(=O)N1C[C@H](C[C@H](CC)C(=O)O)Oc2ccc(CC(=O)OC(C)(C)C(F)(F)F)cc21. The van der Waals surface area contributed by atoms with Crippen molar-refractivity contribution in [1.29, 1.82) is 0 Å². The summed E-state index contributed by atoms with van der Waals surface area (Å²) >= 11 is 0. The van der Waals surface area contributed by atoms with Gasteiger partial charge in [-0.3, -0.25) is 18.6 Å². The van der Waals surface area contributed by atoms with Crippen LogP contribution in [0.25, 0.3) is 0 Å². The van der Waals surface area contributed by atoms with Crippen LogP contribution in [0.2, 0.25) is 0 Å². The molecule has 0 amide bonds. The second-order valence-electron chi connectivity index (χ2n) is 10.0. The molecule has 0 bridgehead atoms. The van der Waals surface area contributed by atoms with Gasteiger partial charge in [-0.2, -0.15) is 13.2 Å². The van der Waals surface area contributed by atoms with E-state index in [2.05, 4.69) is 9.84 Å². The van der Waals surface area contributed by atoms with Gasteiger partial charge in [0, 0.05) is 12.7 Å². The lowest BCUT2D eigenvalue weighted by molar-refractivity contribution is -0.257. The van der Waals surface area contributed by atoms with Gasteiger partial charge in [-0.15, -0.1) is 5.10 Å². The van der Waals surface area contributed by atoms with Gasteiger partial charge in [0.2, 0.25) is 5.60 Å². The van der Waals surface area contributed by atoms with Crippen LogP contribution in [-0.2, 0) is 37.3 Å². The number of ether oxygens (including phenoxy) is 3. The molecule has 0 aliphatic carbocycles. The van der Waals surface area contributed by atoms with Crippen molar-refractivity contribution in [2.45, 2.75) is 83.2 Å². The maximum Gasteiger partial charge on any atom is 0.427 e. The molecule has 0 unspecified atom stereocenters. The van der Waals surface area contributed by atoms with Gasteiger partial charge in [0.05, 0.1) is 31.2 Å². The highest BCUT2D eigenvalue weighted by Gasteiger charge is 2.50. The number of halogens is 3. The summed E-state index contributed by atoms with van der Waals surface area (Å²) in [5.41, 5.74) is -2.52. The minimum absolute atomic E-state index is 0.0183. The van der Waals surface area contributed by atoms with Gasteiger partial charge in [-0.1, -0.05) is 13.0 Å². The van der Waals surface area contributed by atoms with E-state index in [9.17, 15) is 36.3 Å². The molecule has 2 aromatic rings. The molecule has 1 aromatic heterocycles. The van der Waals surface area contributed by atoms with E-state index in [1.54, 1.807) is 20.8 Å². The monoisotopic (exact) mass is 605 g/mol. The molecule has 2 atom stereocenters. The number of carboxylic acids is 1. The van der Waals surface area contributed by atoms with Crippen LogP contribution in [0.15, 0.2) is 29.3 Å². The van der Waals surface area contributed by atoms with Gasteiger partial charge in [-0.25, -0.2) is 8.42 Å². The predicted octanol–water partition coefficient (Wildman–Crippen LogP) is 4.19. The lowest BCUT2D eigenvalue weighted by Crippen LogP contribution is -2.45. The maximum absolute atomic E-state index is 14.0. The minimum atomic E-state index is -4.79. The molecular weight excluding hydrogens is 571 g/mol. The van der Waals surface area contributed by atoms with Gasteiger partial charge in [0.15, 0.2) is 4.90 Å². The Balaban J connectivity index is 2.04. The summed E-state index contributed by atoms with van der Waals surface area (Å²) in [6.07, 6.45) is -4.57. The summed E-state index contributed by atoms with van der Waals surface area (Å²) in [6, 6.07) is 4.12. The van der Waals surface area contributed by atoms with Crippen LogP contribution in [0.3, 0.4) is 0 Å². The van der Waals surface area contributed by atoms with Gasteiger partial charge in [-0.05, 0) is 58.2 Å². The van der Waals surface area contributed by atoms with Crippen molar-refractivity contribution in [2.24, 2.45) is 5.92 Å². The lowest BCUT2D eigenvalue weighted by Gasteiger charge is -2.36. The third-order valence-electron chi connectivity index (χ3n) is 6.61. The zero-order chi connectivity index (χ0) is 30.8. The summed E-state index contributed by atoms with van der Waals surface area (Å²) < 4.78 is 86.2. The molecule has 41 heavy (non-hydrogen) atoms. The summed E-state index contributed by atoms with van der Waals surface area (Å²) in [4.78, 5) is 23.9. The number of hydrogen-bond donors (Lipinski definition) is 1. The fourth-order valence-corrected chi connectivity index (χ4v) is 5.78. The number of carboxylic acid groups (broad SMARTS) is 1. The minimum Gasteiger partial charge on any atom is -0.486 e. The number of carbonyl (C=O) groups excluding carboxylic acids is 1. The van der Waals surface area contributed by atoms with Crippen LogP contribution in [-0.4, -0.2) is 66.3 Å². The molecule has 0 fully saturated rings. The van der Waals surface area contributed by atoms with Crippen molar-refractivity contribution in [1.82, 2.24) is 9.78 Å². The first-order chi connectivity index (χ1) is 19.0. The Morgan fingerprint density at radius 2 is 1.90 bits per heavy atom. The molecule has 1 N–H and O–H groups in total. The molecule has 2 heterocycles. The number of anilines is 1. The molecular formula is C26H34F3N3O8S. The number of hydrogen-bond acceptors (Lipinski definition) is 8. The quantitative estimate of drug-likeness (QED) is 0.353. The van der Waals surface area contributed by atoms with Crippen molar-refractivity contribution < 1.29 is 50.5 Å². The van der Waals surface area contributed by atoms with Gasteiger partial charge in [0.1, 0.15) is 11.9 Å². The predicted molar refractivity (Wildman–Crippen MR) is 140 cm³/mol. The zero-order valence-electron chi connectivity index (χ0n) is 23.4. The van der Waals surface area contributed by atoms with Gasteiger partial charge < -0.3 is 19.3 Å². The first kappa shape index (κ1) is 32.0. The average Bonchev–Trinajstić information content (AvgIpc) is 3.29. The average molecular weight is 606 g/mol. The Morgan fingerprint density at radius 1 is 1.22 bits per heavy atom. The number of sulfonamides is 1. The summed E-state index contributed by atoms with van der Waals surface area (Å²) in [5.74, 6) is -3.02. The first-order valence-corrected chi connectivity index (χ1v) is 14.5. The molecule has 1 aliphatic heterocycles. The van der Waals surface area contributed by atoms with Crippen LogP contribution in [0.1, 0.15) is 53.0 Å². The Bertz CT molecular complexity index is 1370. The molecule has 0 saturated carbocycles. The highest BCUT2D eigenvalue weighted by atomic mass is 32.2. The summed E-state index contributed by atoms with van der Waals surface area (Å²) in [6.45, 7) is 6.82. The Hall–Kier alpha value is -3.49. The van der Waals surface area contributed by atoms with E-state index >= 15 is 0 Å². The Morgan fingerprint density at radius 3 is 2.46 bits per heavy atom. The van der Waals surface area contributed by atoms with Crippen LogP contribution < -0.4 is 13.8 Å². The molecule has 1 aliphatic rings. The number of aliphatic carboxylic acids is 1. The molecule has 228 valence electrons. The van der Waals surface area contributed by atoms with E-state index in [-0.39, 0.29) is 47.3 Å². The van der Waals surface area contributed by atoms with Crippen LogP contribution in [0.5, 0.6) is 11.6 Å². The number of benzene rings is 1. The van der Waals surface area contributed by atoms with Crippen molar-refractivity contribution >= 4 is 27.6 Å². The number of aromatic nitrogens is 2. The van der Waals surface area contributed by atoms with E-state index in [0.29, 0.717) is 13.0 Å². The fourth-order valence-electron chi connectivity index (χ4n) is 4.20. The maximum atomic E-state index is 14.0. The third kappa shape index (κ3) is 7.05. The number of aryl methyl sites for hydroxylation is 1. The van der Waals surface area contributed by atoms with Crippen molar-refractivity contribution in [3.63, 3.8) is 0 Å². The summed E-state index contributed by atoms with van der Waals surface area (Å²) in [5, 5.41) is 13.7. The summed E-state index contributed by atoms with van der Waals surface area (Å²) in [7, 11) is -4.37.